The van der Waals surface area contributed by atoms with Gasteiger partial charge < -0.3 is 10.5 Å². The molecular formula is C9H10FNO. The number of halogens is 1. The quantitative estimate of drug-likeness (QED) is 0.672. The first-order chi connectivity index (χ1) is 5.56. The van der Waals surface area contributed by atoms with Gasteiger partial charge in [0.25, 0.3) is 0 Å². The van der Waals surface area contributed by atoms with Crippen LogP contribution in [0.15, 0.2) is 24.3 Å². The number of carbonyl (C=O) groups excluding carboxylic acids is 1. The number of benzene rings is 1. The van der Waals surface area contributed by atoms with E-state index in [0.29, 0.717) is 11.8 Å². The number of nitrogens with two attached hydrogens (primary N) is 1. The summed E-state index contributed by atoms with van der Waals surface area (Å²) in [5.74, 6) is -0.333. The second-order valence-electron chi connectivity index (χ2n) is 2.91. The first-order valence-corrected chi connectivity index (χ1v) is 3.57. The van der Waals surface area contributed by atoms with Crippen LogP contribution in [0.5, 0.6) is 0 Å². The van der Waals surface area contributed by atoms with Gasteiger partial charge >= 0.3 is 0 Å². The molecule has 0 spiro atoms. The fraction of sp³-hybridized carbons (Fsp3) is 0.222. The summed E-state index contributed by atoms with van der Waals surface area (Å²) >= 11 is 0. The van der Waals surface area contributed by atoms with Crippen LogP contribution in [0.3, 0.4) is 0 Å². The molecule has 0 saturated heterocycles. The van der Waals surface area contributed by atoms with Crippen LogP contribution < -0.4 is 5.73 Å². The van der Waals surface area contributed by atoms with Crippen molar-refractivity contribution in [2.75, 3.05) is 0 Å². The first kappa shape index (κ1) is 8.87. The average Bonchev–Trinajstić information content (AvgIpc) is 2.05. The van der Waals surface area contributed by atoms with Gasteiger partial charge in [-0.15, -0.1) is 0 Å². The van der Waals surface area contributed by atoms with Crippen molar-refractivity contribution in [3.8, 4) is 0 Å². The van der Waals surface area contributed by atoms with Gasteiger partial charge in [-0.05, 0) is 24.6 Å². The molecule has 1 aromatic rings. The summed E-state index contributed by atoms with van der Waals surface area (Å²) in [5, 5.41) is 0. The Kier molecular flexibility index (Phi) is 2.24. The molecule has 0 saturated carbocycles. The third-order valence-electron chi connectivity index (χ3n) is 1.71. The molecule has 0 aliphatic rings. The van der Waals surface area contributed by atoms with Crippen LogP contribution in [0, 0.1) is 5.82 Å². The van der Waals surface area contributed by atoms with Gasteiger partial charge in [0.15, 0.2) is 0 Å². The molecule has 2 nitrogen and oxygen atoms in total. The van der Waals surface area contributed by atoms with E-state index in [1.165, 1.54) is 24.3 Å². The molecule has 0 fully saturated rings. The van der Waals surface area contributed by atoms with Crippen molar-refractivity contribution in [2.24, 2.45) is 5.73 Å². The standard InChI is InChI=1S/C9H10FNO/c1-9(11,6-12)7-2-4-8(10)5-3-7/h2-6H,11H2,1H3. The molecule has 1 aromatic carbocycles. The lowest BCUT2D eigenvalue weighted by molar-refractivity contribution is -0.112. The zero-order valence-electron chi connectivity index (χ0n) is 6.75. The first-order valence-electron chi connectivity index (χ1n) is 3.57. The maximum atomic E-state index is 12.4. The summed E-state index contributed by atoms with van der Waals surface area (Å²) in [5.41, 5.74) is 5.19. The van der Waals surface area contributed by atoms with E-state index < -0.39 is 5.54 Å². The van der Waals surface area contributed by atoms with E-state index in [1.807, 2.05) is 0 Å². The van der Waals surface area contributed by atoms with Gasteiger partial charge in [0.05, 0.1) is 5.54 Å². The minimum absolute atomic E-state index is 0.333. The molecule has 0 aliphatic carbocycles. The Morgan fingerprint density at radius 1 is 1.42 bits per heavy atom. The van der Waals surface area contributed by atoms with E-state index in [4.69, 9.17) is 5.73 Å². The van der Waals surface area contributed by atoms with Crippen molar-refractivity contribution in [1.29, 1.82) is 0 Å². The molecule has 0 amide bonds. The number of rotatable bonds is 2. The van der Waals surface area contributed by atoms with E-state index in [-0.39, 0.29) is 5.82 Å². The minimum atomic E-state index is -1.02. The Hall–Kier alpha value is -1.22. The number of hydrogen-bond acceptors (Lipinski definition) is 2. The minimum Gasteiger partial charge on any atom is -0.316 e. The van der Waals surface area contributed by atoms with Crippen LogP contribution in [0.1, 0.15) is 12.5 Å². The van der Waals surface area contributed by atoms with Crippen molar-refractivity contribution >= 4 is 6.29 Å². The van der Waals surface area contributed by atoms with E-state index >= 15 is 0 Å². The normalized spacial score (nSPS) is 15.2. The summed E-state index contributed by atoms with van der Waals surface area (Å²) in [6, 6.07) is 5.57. The van der Waals surface area contributed by atoms with Gasteiger partial charge in [-0.1, -0.05) is 12.1 Å². The number of hydrogen-bond donors (Lipinski definition) is 1. The van der Waals surface area contributed by atoms with Crippen molar-refractivity contribution in [2.45, 2.75) is 12.5 Å². The lowest BCUT2D eigenvalue weighted by Crippen LogP contribution is -2.34. The highest BCUT2D eigenvalue weighted by molar-refractivity contribution is 5.66. The van der Waals surface area contributed by atoms with Gasteiger partial charge in [-0.2, -0.15) is 0 Å². The molecule has 1 unspecified atom stereocenters. The van der Waals surface area contributed by atoms with Gasteiger partial charge in [0, 0.05) is 0 Å². The average molecular weight is 167 g/mol. The third kappa shape index (κ3) is 1.68. The molecule has 12 heavy (non-hydrogen) atoms. The summed E-state index contributed by atoms with van der Waals surface area (Å²) in [6.07, 6.45) is 0.639. The predicted molar refractivity (Wildman–Crippen MR) is 44.0 cm³/mol. The second kappa shape index (κ2) is 3.03. The molecule has 2 N–H and O–H groups in total. The lowest BCUT2D eigenvalue weighted by atomic mass is 9.95. The molecule has 0 heterocycles. The summed E-state index contributed by atoms with van der Waals surface area (Å²) in [7, 11) is 0. The van der Waals surface area contributed by atoms with Crippen LogP contribution in [0.25, 0.3) is 0 Å². The van der Waals surface area contributed by atoms with E-state index in [0.717, 1.165) is 0 Å². The molecular weight excluding hydrogens is 157 g/mol. The van der Waals surface area contributed by atoms with Gasteiger partial charge in [-0.25, -0.2) is 4.39 Å². The Bertz CT molecular complexity index is 279. The van der Waals surface area contributed by atoms with Crippen molar-refractivity contribution in [3.05, 3.63) is 35.6 Å². The van der Waals surface area contributed by atoms with E-state index in [9.17, 15) is 9.18 Å². The van der Waals surface area contributed by atoms with Crippen LogP contribution in [-0.4, -0.2) is 6.29 Å². The van der Waals surface area contributed by atoms with Crippen LogP contribution in [0.2, 0.25) is 0 Å². The van der Waals surface area contributed by atoms with E-state index in [1.54, 1.807) is 6.92 Å². The molecule has 0 radical (unpaired) electrons. The highest BCUT2D eigenvalue weighted by atomic mass is 19.1. The van der Waals surface area contributed by atoms with Crippen LogP contribution in [-0.2, 0) is 10.3 Å². The Morgan fingerprint density at radius 3 is 2.33 bits per heavy atom. The summed E-state index contributed by atoms with van der Waals surface area (Å²) in [4.78, 5) is 10.5. The molecule has 3 heteroatoms. The Morgan fingerprint density at radius 2 is 1.92 bits per heavy atom. The van der Waals surface area contributed by atoms with Gasteiger partial charge in [0.2, 0.25) is 0 Å². The predicted octanol–water partition coefficient (Wildman–Crippen LogP) is 1.20. The largest absolute Gasteiger partial charge is 0.316 e. The van der Waals surface area contributed by atoms with Crippen LogP contribution >= 0.6 is 0 Å². The summed E-state index contributed by atoms with van der Waals surface area (Å²) < 4.78 is 12.4. The highest BCUT2D eigenvalue weighted by Crippen LogP contribution is 2.14. The zero-order chi connectivity index (χ0) is 9.19. The number of aldehydes is 1. The fourth-order valence-corrected chi connectivity index (χ4v) is 0.877. The van der Waals surface area contributed by atoms with E-state index in [2.05, 4.69) is 0 Å². The molecule has 0 bridgehead atoms. The topological polar surface area (TPSA) is 43.1 Å². The highest BCUT2D eigenvalue weighted by Gasteiger charge is 2.19. The third-order valence-corrected chi connectivity index (χ3v) is 1.71. The monoisotopic (exact) mass is 167 g/mol. The molecule has 64 valence electrons. The van der Waals surface area contributed by atoms with Gasteiger partial charge in [-0.3, -0.25) is 0 Å². The van der Waals surface area contributed by atoms with Gasteiger partial charge in [0.1, 0.15) is 12.1 Å². The smallest absolute Gasteiger partial charge is 0.144 e. The summed E-state index contributed by atoms with van der Waals surface area (Å²) in [6.45, 7) is 1.58. The molecule has 1 atom stereocenters. The Balaban J connectivity index is 3.04. The molecule has 1 rings (SSSR count). The van der Waals surface area contributed by atoms with Crippen molar-refractivity contribution in [1.82, 2.24) is 0 Å². The second-order valence-corrected chi connectivity index (χ2v) is 2.91. The lowest BCUT2D eigenvalue weighted by Gasteiger charge is -2.16. The SMILES string of the molecule is CC(N)(C=O)c1ccc(F)cc1. The number of carbonyl (C=O) groups is 1. The zero-order valence-corrected chi connectivity index (χ0v) is 6.75. The van der Waals surface area contributed by atoms with Crippen LogP contribution in [0.4, 0.5) is 4.39 Å². The van der Waals surface area contributed by atoms with Crippen molar-refractivity contribution < 1.29 is 9.18 Å². The fourth-order valence-electron chi connectivity index (χ4n) is 0.877. The van der Waals surface area contributed by atoms with Crippen molar-refractivity contribution in [3.63, 3.8) is 0 Å². The molecule has 0 aliphatic heterocycles. The Labute approximate surface area is 70.2 Å². The maximum absolute atomic E-state index is 12.4. The maximum Gasteiger partial charge on any atom is 0.144 e. The molecule has 0 aromatic heterocycles.